The van der Waals surface area contributed by atoms with E-state index < -0.39 is 9.04 Å². The lowest BCUT2D eigenvalue weighted by Crippen LogP contribution is -2.15. The molecule has 0 heterocycles. The largest absolute Gasteiger partial charge is 0.411 e. The molecule has 0 aliphatic heterocycles. The molecule has 15 heavy (non-hydrogen) atoms. The van der Waals surface area contributed by atoms with Gasteiger partial charge in [-0.15, -0.1) is 0 Å². The van der Waals surface area contributed by atoms with Crippen molar-refractivity contribution in [2.24, 2.45) is 0 Å². The first-order valence-corrected chi connectivity index (χ1v) is 8.27. The van der Waals surface area contributed by atoms with E-state index in [4.69, 9.17) is 4.43 Å². The SMILES string of the molecule is C[SiH](C)O[CH]c1ccccc1C(C)(C)C. The Kier molecular flexibility index (Phi) is 4.11. The number of hydrogen-bond donors (Lipinski definition) is 0. The Labute approximate surface area is 95.2 Å². The van der Waals surface area contributed by atoms with Crippen molar-refractivity contribution >= 4 is 9.04 Å². The van der Waals surface area contributed by atoms with Crippen LogP contribution in [0.2, 0.25) is 13.1 Å². The lowest BCUT2D eigenvalue weighted by molar-refractivity contribution is 0.439. The summed E-state index contributed by atoms with van der Waals surface area (Å²) in [5.74, 6) is 0. The maximum Gasteiger partial charge on any atom is 0.171 e. The van der Waals surface area contributed by atoms with Gasteiger partial charge in [0.05, 0.1) is 6.61 Å². The molecule has 83 valence electrons. The van der Waals surface area contributed by atoms with Gasteiger partial charge in [-0.1, -0.05) is 45.0 Å². The van der Waals surface area contributed by atoms with E-state index in [1.807, 2.05) is 6.61 Å². The molecule has 1 rings (SSSR count). The van der Waals surface area contributed by atoms with Gasteiger partial charge in [-0.2, -0.15) is 0 Å². The van der Waals surface area contributed by atoms with Crippen molar-refractivity contribution < 1.29 is 4.43 Å². The van der Waals surface area contributed by atoms with Gasteiger partial charge in [-0.05, 0) is 29.6 Å². The average Bonchev–Trinajstić information content (AvgIpc) is 2.13. The predicted octanol–water partition coefficient (Wildman–Crippen LogP) is 3.49. The molecule has 0 N–H and O–H groups in total. The molecule has 0 saturated heterocycles. The van der Waals surface area contributed by atoms with Gasteiger partial charge < -0.3 is 4.43 Å². The van der Waals surface area contributed by atoms with Crippen LogP contribution in [0, 0.1) is 6.61 Å². The number of rotatable bonds is 3. The highest BCUT2D eigenvalue weighted by molar-refractivity contribution is 6.48. The van der Waals surface area contributed by atoms with Crippen LogP contribution in [0.25, 0.3) is 0 Å². The zero-order valence-electron chi connectivity index (χ0n) is 10.4. The molecule has 0 aliphatic rings. The van der Waals surface area contributed by atoms with Crippen molar-refractivity contribution in [3.8, 4) is 0 Å². The lowest BCUT2D eigenvalue weighted by Gasteiger charge is -2.23. The van der Waals surface area contributed by atoms with Crippen LogP contribution in [-0.4, -0.2) is 9.04 Å². The molecule has 0 bridgehead atoms. The fraction of sp³-hybridized carbons (Fsp3) is 0.462. The summed E-state index contributed by atoms with van der Waals surface area (Å²) < 4.78 is 5.68. The summed E-state index contributed by atoms with van der Waals surface area (Å²) >= 11 is 0. The van der Waals surface area contributed by atoms with E-state index in [2.05, 4.69) is 58.1 Å². The van der Waals surface area contributed by atoms with Crippen LogP contribution < -0.4 is 0 Å². The molecule has 1 nitrogen and oxygen atoms in total. The Morgan fingerprint density at radius 3 is 2.27 bits per heavy atom. The van der Waals surface area contributed by atoms with E-state index in [0.717, 1.165) is 0 Å². The van der Waals surface area contributed by atoms with Crippen molar-refractivity contribution in [1.29, 1.82) is 0 Å². The highest BCUT2D eigenvalue weighted by atomic mass is 28.3. The lowest BCUT2D eigenvalue weighted by atomic mass is 9.84. The Hall–Kier alpha value is -0.603. The minimum Gasteiger partial charge on any atom is -0.411 e. The van der Waals surface area contributed by atoms with Crippen LogP contribution in [0.1, 0.15) is 31.9 Å². The number of hydrogen-bond acceptors (Lipinski definition) is 1. The maximum absolute atomic E-state index is 5.68. The van der Waals surface area contributed by atoms with E-state index >= 15 is 0 Å². The molecule has 0 aliphatic carbocycles. The molecule has 0 fully saturated rings. The van der Waals surface area contributed by atoms with E-state index in [1.54, 1.807) is 0 Å². The summed E-state index contributed by atoms with van der Waals surface area (Å²) in [6, 6.07) is 8.45. The van der Waals surface area contributed by atoms with Gasteiger partial charge in [0, 0.05) is 0 Å². The first-order valence-electron chi connectivity index (χ1n) is 5.49. The molecule has 0 aromatic heterocycles. The normalized spacial score (nSPS) is 12.1. The van der Waals surface area contributed by atoms with Gasteiger partial charge >= 0.3 is 0 Å². The Morgan fingerprint density at radius 2 is 1.73 bits per heavy atom. The molecule has 2 heteroatoms. The van der Waals surface area contributed by atoms with Crippen LogP contribution >= 0.6 is 0 Å². The van der Waals surface area contributed by atoms with Gasteiger partial charge in [0.1, 0.15) is 0 Å². The molecule has 0 unspecified atom stereocenters. The van der Waals surface area contributed by atoms with Crippen LogP contribution in [0.4, 0.5) is 0 Å². The van der Waals surface area contributed by atoms with Gasteiger partial charge in [0.25, 0.3) is 0 Å². The molecular weight excluding hydrogens is 200 g/mol. The van der Waals surface area contributed by atoms with Crippen molar-refractivity contribution in [1.82, 2.24) is 0 Å². The fourth-order valence-corrected chi connectivity index (χ4v) is 1.91. The van der Waals surface area contributed by atoms with E-state index in [0.29, 0.717) is 0 Å². The van der Waals surface area contributed by atoms with Gasteiger partial charge in [-0.25, -0.2) is 0 Å². The van der Waals surface area contributed by atoms with Crippen LogP contribution in [0.3, 0.4) is 0 Å². The van der Waals surface area contributed by atoms with Gasteiger partial charge in [-0.3, -0.25) is 0 Å². The second kappa shape index (κ2) is 4.95. The number of benzene rings is 1. The molecule has 1 aromatic carbocycles. The standard InChI is InChI=1S/C13H21OSi/c1-13(2,3)12-9-7-6-8-11(12)10-14-15(4)5/h6-10,15H,1-5H3. The molecular formula is C13H21OSi. The summed E-state index contributed by atoms with van der Waals surface area (Å²) in [6.45, 7) is 13.0. The summed E-state index contributed by atoms with van der Waals surface area (Å²) in [7, 11) is -0.970. The Balaban J connectivity index is 2.87. The van der Waals surface area contributed by atoms with E-state index in [1.165, 1.54) is 11.1 Å². The summed E-state index contributed by atoms with van der Waals surface area (Å²) in [4.78, 5) is 0. The zero-order valence-corrected chi connectivity index (χ0v) is 11.5. The molecule has 0 atom stereocenters. The van der Waals surface area contributed by atoms with Crippen molar-refractivity contribution in [3.63, 3.8) is 0 Å². The zero-order chi connectivity index (χ0) is 11.5. The highest BCUT2D eigenvalue weighted by Crippen LogP contribution is 2.26. The minimum atomic E-state index is -0.970. The third-order valence-electron chi connectivity index (χ3n) is 2.24. The van der Waals surface area contributed by atoms with Gasteiger partial charge in [0.15, 0.2) is 9.04 Å². The Morgan fingerprint density at radius 1 is 1.13 bits per heavy atom. The third-order valence-corrected chi connectivity index (χ3v) is 2.92. The smallest absolute Gasteiger partial charge is 0.171 e. The predicted molar refractivity (Wildman–Crippen MR) is 68.5 cm³/mol. The van der Waals surface area contributed by atoms with Gasteiger partial charge in [0.2, 0.25) is 0 Å². The second-order valence-electron chi connectivity index (χ2n) is 5.14. The van der Waals surface area contributed by atoms with Crippen molar-refractivity contribution in [2.45, 2.75) is 39.3 Å². The molecule has 1 aromatic rings. The Bertz CT molecular complexity index is 313. The topological polar surface area (TPSA) is 9.23 Å². The monoisotopic (exact) mass is 221 g/mol. The third kappa shape index (κ3) is 3.80. The summed E-state index contributed by atoms with van der Waals surface area (Å²) in [5, 5.41) is 0. The first kappa shape index (κ1) is 12.5. The average molecular weight is 221 g/mol. The van der Waals surface area contributed by atoms with E-state index in [-0.39, 0.29) is 5.41 Å². The van der Waals surface area contributed by atoms with Crippen LogP contribution in [0.5, 0.6) is 0 Å². The molecule has 0 spiro atoms. The van der Waals surface area contributed by atoms with Crippen molar-refractivity contribution in [3.05, 3.63) is 42.0 Å². The fourth-order valence-electron chi connectivity index (χ4n) is 1.49. The first-order chi connectivity index (χ1) is 6.91. The highest BCUT2D eigenvalue weighted by Gasteiger charge is 2.17. The maximum atomic E-state index is 5.68. The quantitative estimate of drug-likeness (QED) is 0.710. The molecule has 1 radical (unpaired) electrons. The second-order valence-corrected chi connectivity index (χ2v) is 7.51. The summed E-state index contributed by atoms with van der Waals surface area (Å²) in [5.41, 5.74) is 2.74. The minimum absolute atomic E-state index is 0.176. The van der Waals surface area contributed by atoms with Crippen LogP contribution in [0.15, 0.2) is 24.3 Å². The summed E-state index contributed by atoms with van der Waals surface area (Å²) in [6.07, 6.45) is 0. The molecule has 0 saturated carbocycles. The van der Waals surface area contributed by atoms with Crippen molar-refractivity contribution in [2.75, 3.05) is 0 Å². The molecule has 0 amide bonds. The van der Waals surface area contributed by atoms with Crippen LogP contribution in [-0.2, 0) is 9.84 Å². The van der Waals surface area contributed by atoms with E-state index in [9.17, 15) is 0 Å².